The highest BCUT2D eigenvalue weighted by Crippen LogP contribution is 2.31. The number of anilines is 1. The normalized spacial score (nSPS) is 10.4. The van der Waals surface area contributed by atoms with E-state index in [4.69, 9.17) is 15.2 Å². The first-order valence-electron chi connectivity index (χ1n) is 7.89. The molecule has 0 spiro atoms. The summed E-state index contributed by atoms with van der Waals surface area (Å²) in [7, 11) is 1.45. The van der Waals surface area contributed by atoms with Crippen molar-refractivity contribution < 1.29 is 19.1 Å². The fourth-order valence-corrected chi connectivity index (χ4v) is 3.87. The number of hydrogen-bond acceptors (Lipinski definition) is 7. The van der Waals surface area contributed by atoms with Crippen molar-refractivity contribution in [1.29, 1.82) is 0 Å². The summed E-state index contributed by atoms with van der Waals surface area (Å²) in [6, 6.07) is 8.70. The van der Waals surface area contributed by atoms with Crippen LogP contribution < -0.4 is 20.5 Å². The highest BCUT2D eigenvalue weighted by atomic mass is 32.1. The molecule has 7 nitrogen and oxygen atoms in total. The van der Waals surface area contributed by atoms with Gasteiger partial charge in [-0.1, -0.05) is 0 Å². The van der Waals surface area contributed by atoms with Gasteiger partial charge in [0.2, 0.25) is 0 Å². The van der Waals surface area contributed by atoms with Gasteiger partial charge in [0.25, 0.3) is 11.8 Å². The number of amides is 2. The quantitative estimate of drug-likeness (QED) is 0.630. The average molecular weight is 403 g/mol. The first kappa shape index (κ1) is 18.9. The van der Waals surface area contributed by atoms with Gasteiger partial charge in [-0.15, -0.1) is 22.7 Å². The monoisotopic (exact) mass is 403 g/mol. The molecular formula is C18H17N3O4S2. The molecule has 0 atom stereocenters. The van der Waals surface area contributed by atoms with Crippen molar-refractivity contribution in [1.82, 2.24) is 4.98 Å². The number of nitrogens with one attached hydrogen (secondary N) is 1. The summed E-state index contributed by atoms with van der Waals surface area (Å²) < 4.78 is 10.5. The molecule has 140 valence electrons. The molecule has 0 fully saturated rings. The molecule has 0 aliphatic carbocycles. The minimum Gasteiger partial charge on any atom is -0.493 e. The number of benzene rings is 1. The van der Waals surface area contributed by atoms with Crippen LogP contribution in [0.25, 0.3) is 10.6 Å². The minimum absolute atomic E-state index is 0.272. The third-order valence-electron chi connectivity index (χ3n) is 3.51. The van der Waals surface area contributed by atoms with Gasteiger partial charge in [-0.05, 0) is 37.3 Å². The number of rotatable bonds is 7. The number of ether oxygens (including phenoxy) is 2. The lowest BCUT2D eigenvalue weighted by molar-refractivity contribution is -0.119. The zero-order valence-electron chi connectivity index (χ0n) is 14.6. The Morgan fingerprint density at radius 3 is 2.70 bits per heavy atom. The number of nitrogens with zero attached hydrogens (tertiary/aromatic N) is 1. The van der Waals surface area contributed by atoms with E-state index < -0.39 is 5.91 Å². The Hall–Kier alpha value is -2.91. The summed E-state index contributed by atoms with van der Waals surface area (Å²) in [6.45, 7) is 1.76. The van der Waals surface area contributed by atoms with E-state index in [-0.39, 0.29) is 12.5 Å². The van der Waals surface area contributed by atoms with E-state index in [1.165, 1.54) is 29.4 Å². The molecule has 0 radical (unpaired) electrons. The Balaban J connectivity index is 1.72. The molecule has 0 aliphatic heterocycles. The van der Waals surface area contributed by atoms with Gasteiger partial charge in [-0.2, -0.15) is 0 Å². The van der Waals surface area contributed by atoms with Gasteiger partial charge >= 0.3 is 0 Å². The van der Waals surface area contributed by atoms with Crippen LogP contribution in [-0.2, 0) is 4.79 Å². The van der Waals surface area contributed by atoms with Gasteiger partial charge in [0.15, 0.2) is 23.2 Å². The van der Waals surface area contributed by atoms with Crippen LogP contribution in [0, 0.1) is 6.92 Å². The summed E-state index contributed by atoms with van der Waals surface area (Å²) in [5.74, 6) is -0.257. The van der Waals surface area contributed by atoms with Crippen LogP contribution in [-0.4, -0.2) is 30.5 Å². The molecular weight excluding hydrogens is 386 g/mol. The van der Waals surface area contributed by atoms with Crippen LogP contribution in [0.3, 0.4) is 0 Å². The average Bonchev–Trinajstić information content (AvgIpc) is 3.28. The van der Waals surface area contributed by atoms with E-state index in [9.17, 15) is 9.59 Å². The fraction of sp³-hybridized carbons (Fsp3) is 0.167. The third kappa shape index (κ3) is 4.63. The molecule has 1 aromatic carbocycles. The second-order valence-electron chi connectivity index (χ2n) is 5.52. The number of hydrogen-bond donors (Lipinski definition) is 2. The van der Waals surface area contributed by atoms with E-state index >= 15 is 0 Å². The zero-order valence-corrected chi connectivity index (χ0v) is 16.3. The number of thiophene rings is 1. The number of thiazole rings is 1. The smallest absolute Gasteiger partial charge is 0.257 e. The van der Waals surface area contributed by atoms with Crippen LogP contribution in [0.5, 0.6) is 11.5 Å². The summed E-state index contributed by atoms with van der Waals surface area (Å²) in [5, 5.41) is 5.19. The number of aryl methyl sites for hydroxylation is 1. The SMILES string of the molecule is COc1cc(C(=O)Nc2nc(-c3ccc(C)s3)cs2)ccc1OCC(N)=O. The van der Waals surface area contributed by atoms with Gasteiger partial charge in [0, 0.05) is 15.8 Å². The lowest BCUT2D eigenvalue weighted by Gasteiger charge is -2.11. The topological polar surface area (TPSA) is 104 Å². The van der Waals surface area contributed by atoms with Gasteiger partial charge in [-0.3, -0.25) is 14.9 Å². The predicted molar refractivity (Wildman–Crippen MR) is 106 cm³/mol. The van der Waals surface area contributed by atoms with Crippen molar-refractivity contribution in [2.24, 2.45) is 5.73 Å². The molecule has 3 aromatic rings. The molecule has 27 heavy (non-hydrogen) atoms. The molecule has 2 amide bonds. The molecule has 3 rings (SSSR count). The number of nitrogens with two attached hydrogens (primary N) is 1. The first-order chi connectivity index (χ1) is 13.0. The standard InChI is InChI=1S/C18H17N3O4S2/c1-10-3-6-15(27-10)12-9-26-18(20-12)21-17(23)11-4-5-13(14(7-11)24-2)25-8-16(19)22/h3-7,9H,8H2,1-2H3,(H2,19,22)(H,20,21,23). The lowest BCUT2D eigenvalue weighted by Crippen LogP contribution is -2.20. The highest BCUT2D eigenvalue weighted by Gasteiger charge is 2.14. The van der Waals surface area contributed by atoms with E-state index in [2.05, 4.69) is 10.3 Å². The zero-order chi connectivity index (χ0) is 19.4. The predicted octanol–water partition coefficient (Wildman–Crippen LogP) is 3.31. The third-order valence-corrected chi connectivity index (χ3v) is 5.29. The van der Waals surface area contributed by atoms with Gasteiger partial charge in [0.05, 0.1) is 17.7 Å². The molecule has 2 aromatic heterocycles. The number of aromatic nitrogens is 1. The summed E-state index contributed by atoms with van der Waals surface area (Å²) in [5.41, 5.74) is 6.28. The summed E-state index contributed by atoms with van der Waals surface area (Å²) in [4.78, 5) is 30.1. The Labute approximate surface area is 163 Å². The van der Waals surface area contributed by atoms with Gasteiger partial charge < -0.3 is 15.2 Å². The van der Waals surface area contributed by atoms with E-state index in [1.54, 1.807) is 23.5 Å². The van der Waals surface area contributed by atoms with Crippen LogP contribution in [0.4, 0.5) is 5.13 Å². The largest absolute Gasteiger partial charge is 0.493 e. The second kappa shape index (κ2) is 8.19. The Morgan fingerprint density at radius 1 is 1.22 bits per heavy atom. The molecule has 0 saturated heterocycles. The van der Waals surface area contributed by atoms with Crippen molar-refractivity contribution >= 4 is 39.6 Å². The number of methoxy groups -OCH3 is 1. The van der Waals surface area contributed by atoms with Crippen molar-refractivity contribution in [2.45, 2.75) is 6.92 Å². The van der Waals surface area contributed by atoms with Gasteiger partial charge in [-0.25, -0.2) is 4.98 Å². The van der Waals surface area contributed by atoms with Crippen LogP contribution in [0.15, 0.2) is 35.7 Å². The van der Waals surface area contributed by atoms with Crippen molar-refractivity contribution in [3.05, 3.63) is 46.2 Å². The van der Waals surface area contributed by atoms with E-state index in [0.717, 1.165) is 10.6 Å². The lowest BCUT2D eigenvalue weighted by atomic mass is 10.2. The molecule has 0 saturated carbocycles. The maximum Gasteiger partial charge on any atom is 0.257 e. The fourth-order valence-electron chi connectivity index (χ4n) is 2.26. The number of primary amides is 1. The molecule has 9 heteroatoms. The number of carbonyl (C=O) groups excluding carboxylic acids is 2. The Kier molecular flexibility index (Phi) is 5.72. The maximum absolute atomic E-state index is 12.5. The minimum atomic E-state index is -0.598. The maximum atomic E-state index is 12.5. The Morgan fingerprint density at radius 2 is 2.04 bits per heavy atom. The van der Waals surface area contributed by atoms with Gasteiger partial charge in [0.1, 0.15) is 0 Å². The summed E-state index contributed by atoms with van der Waals surface area (Å²) >= 11 is 3.01. The molecule has 0 bridgehead atoms. The molecule has 3 N–H and O–H groups in total. The van der Waals surface area contributed by atoms with Crippen molar-refractivity contribution in [3.63, 3.8) is 0 Å². The van der Waals surface area contributed by atoms with E-state index in [1.807, 2.05) is 24.4 Å². The summed E-state index contributed by atoms with van der Waals surface area (Å²) in [6.07, 6.45) is 0. The number of carbonyl (C=O) groups is 2. The second-order valence-corrected chi connectivity index (χ2v) is 7.67. The Bertz CT molecular complexity index is 981. The van der Waals surface area contributed by atoms with Crippen LogP contribution in [0.1, 0.15) is 15.2 Å². The first-order valence-corrected chi connectivity index (χ1v) is 9.58. The van der Waals surface area contributed by atoms with Crippen LogP contribution >= 0.6 is 22.7 Å². The van der Waals surface area contributed by atoms with Crippen molar-refractivity contribution in [3.8, 4) is 22.1 Å². The van der Waals surface area contributed by atoms with E-state index in [0.29, 0.717) is 22.2 Å². The molecule has 0 aliphatic rings. The molecule has 0 unspecified atom stereocenters. The molecule has 2 heterocycles. The van der Waals surface area contributed by atoms with Crippen LogP contribution in [0.2, 0.25) is 0 Å². The van der Waals surface area contributed by atoms with Crippen molar-refractivity contribution in [2.75, 3.05) is 19.0 Å². The highest BCUT2D eigenvalue weighted by molar-refractivity contribution is 7.17.